The quantitative estimate of drug-likeness (QED) is 0.424. The van der Waals surface area contributed by atoms with Gasteiger partial charge in [0.15, 0.2) is 0 Å². The topological polar surface area (TPSA) is 57.2 Å². The Kier molecular flexibility index (Phi) is 9.32. The predicted molar refractivity (Wildman–Crippen MR) is 112 cm³/mol. The third kappa shape index (κ3) is 6.88. The molecular formula is C20H31ClN4O2. The highest BCUT2D eigenvalue weighted by Crippen LogP contribution is 2.18. The Morgan fingerprint density at radius 3 is 2.48 bits per heavy atom. The molecule has 0 aliphatic rings. The molecule has 1 aromatic rings. The second kappa shape index (κ2) is 10.9. The SMILES string of the molecule is CCN=C(C)NC(=C(C)C)N(COC)C(=O)N(C)Cc1ccc(Cl)c(C)c1. The number of aryl methyl sites for hydroxylation is 1. The van der Waals surface area contributed by atoms with Crippen molar-refractivity contribution in [2.75, 3.05) is 27.4 Å². The number of carbonyl (C=O) groups excluding carboxylic acids is 1. The molecule has 1 aromatic carbocycles. The van der Waals surface area contributed by atoms with Crippen molar-refractivity contribution < 1.29 is 9.53 Å². The number of carbonyl (C=O) groups is 1. The number of amidine groups is 1. The summed E-state index contributed by atoms with van der Waals surface area (Å²) < 4.78 is 5.28. The van der Waals surface area contributed by atoms with Crippen LogP contribution in [0.15, 0.2) is 34.6 Å². The van der Waals surface area contributed by atoms with Crippen LogP contribution in [0.1, 0.15) is 38.8 Å². The first kappa shape index (κ1) is 23.0. The van der Waals surface area contributed by atoms with Crippen LogP contribution < -0.4 is 5.32 Å². The average Bonchev–Trinajstić information content (AvgIpc) is 2.60. The van der Waals surface area contributed by atoms with E-state index >= 15 is 0 Å². The number of methoxy groups -OCH3 is 1. The largest absolute Gasteiger partial charge is 0.364 e. The minimum atomic E-state index is -0.169. The number of hydrogen-bond acceptors (Lipinski definition) is 3. The Bertz CT molecular complexity index is 712. The molecule has 0 aliphatic heterocycles. The molecule has 0 unspecified atom stereocenters. The molecule has 0 aliphatic carbocycles. The van der Waals surface area contributed by atoms with Crippen molar-refractivity contribution in [1.82, 2.24) is 15.1 Å². The van der Waals surface area contributed by atoms with E-state index in [0.29, 0.717) is 18.9 Å². The Balaban J connectivity index is 3.05. The van der Waals surface area contributed by atoms with Crippen LogP contribution in [-0.2, 0) is 11.3 Å². The number of aliphatic imine (C=N–C) groups is 1. The summed E-state index contributed by atoms with van der Waals surface area (Å²) >= 11 is 6.09. The van der Waals surface area contributed by atoms with E-state index in [1.807, 2.05) is 52.8 Å². The van der Waals surface area contributed by atoms with Gasteiger partial charge in [0.1, 0.15) is 12.6 Å². The van der Waals surface area contributed by atoms with Crippen molar-refractivity contribution in [2.45, 2.75) is 41.2 Å². The molecule has 1 rings (SSSR count). The maximum absolute atomic E-state index is 13.1. The molecule has 0 aromatic heterocycles. The van der Waals surface area contributed by atoms with Gasteiger partial charge in [-0.05, 0) is 57.4 Å². The lowest BCUT2D eigenvalue weighted by Crippen LogP contribution is -2.46. The number of halogens is 1. The lowest BCUT2D eigenvalue weighted by Gasteiger charge is -2.31. The van der Waals surface area contributed by atoms with Gasteiger partial charge < -0.3 is 15.0 Å². The maximum Gasteiger partial charge on any atom is 0.327 e. The van der Waals surface area contributed by atoms with Crippen molar-refractivity contribution in [2.24, 2.45) is 4.99 Å². The van der Waals surface area contributed by atoms with Crippen LogP contribution in [0.5, 0.6) is 0 Å². The van der Waals surface area contributed by atoms with Crippen molar-refractivity contribution in [1.29, 1.82) is 0 Å². The van der Waals surface area contributed by atoms with Crippen LogP contribution in [0.25, 0.3) is 0 Å². The molecule has 0 saturated heterocycles. The molecule has 0 saturated carbocycles. The number of hydrogen-bond donors (Lipinski definition) is 1. The molecule has 27 heavy (non-hydrogen) atoms. The fourth-order valence-corrected chi connectivity index (χ4v) is 2.73. The van der Waals surface area contributed by atoms with E-state index in [1.165, 1.54) is 0 Å². The number of rotatable bonds is 7. The highest BCUT2D eigenvalue weighted by molar-refractivity contribution is 6.31. The third-order valence-electron chi connectivity index (χ3n) is 3.90. The zero-order valence-electron chi connectivity index (χ0n) is 17.4. The summed E-state index contributed by atoms with van der Waals surface area (Å²) in [6.45, 7) is 11.0. The second-order valence-electron chi connectivity index (χ2n) is 6.60. The molecule has 0 fully saturated rings. The Morgan fingerprint density at radius 1 is 1.30 bits per heavy atom. The minimum absolute atomic E-state index is 0.135. The minimum Gasteiger partial charge on any atom is -0.364 e. The highest BCUT2D eigenvalue weighted by atomic mass is 35.5. The van der Waals surface area contributed by atoms with Gasteiger partial charge in [-0.2, -0.15) is 0 Å². The molecule has 150 valence electrons. The molecule has 7 heteroatoms. The van der Waals surface area contributed by atoms with E-state index in [0.717, 1.165) is 27.6 Å². The monoisotopic (exact) mass is 394 g/mol. The van der Waals surface area contributed by atoms with Crippen LogP contribution >= 0.6 is 11.6 Å². The number of nitrogens with one attached hydrogen (secondary N) is 1. The van der Waals surface area contributed by atoms with Crippen LogP contribution in [0.2, 0.25) is 5.02 Å². The van der Waals surface area contributed by atoms with Gasteiger partial charge in [-0.1, -0.05) is 23.7 Å². The Morgan fingerprint density at radius 2 is 1.96 bits per heavy atom. The fourth-order valence-electron chi connectivity index (χ4n) is 2.61. The number of nitrogens with zero attached hydrogens (tertiary/aromatic N) is 3. The molecule has 0 bridgehead atoms. The Labute approximate surface area is 167 Å². The lowest BCUT2D eigenvalue weighted by molar-refractivity contribution is 0.0835. The van der Waals surface area contributed by atoms with Gasteiger partial charge in [0.2, 0.25) is 0 Å². The molecule has 6 nitrogen and oxygen atoms in total. The van der Waals surface area contributed by atoms with Crippen LogP contribution in [0, 0.1) is 6.92 Å². The zero-order chi connectivity index (χ0) is 20.6. The molecular weight excluding hydrogens is 364 g/mol. The van der Waals surface area contributed by atoms with Crippen LogP contribution in [-0.4, -0.2) is 49.1 Å². The van der Waals surface area contributed by atoms with Crippen LogP contribution in [0.3, 0.4) is 0 Å². The van der Waals surface area contributed by atoms with Crippen molar-refractivity contribution in [3.05, 3.63) is 45.7 Å². The fraction of sp³-hybridized carbons (Fsp3) is 0.500. The molecule has 0 heterocycles. The first-order chi connectivity index (χ1) is 12.7. The van der Waals surface area contributed by atoms with Gasteiger partial charge >= 0.3 is 6.03 Å². The second-order valence-corrected chi connectivity index (χ2v) is 7.01. The van der Waals surface area contributed by atoms with E-state index < -0.39 is 0 Å². The smallest absolute Gasteiger partial charge is 0.327 e. The summed E-state index contributed by atoms with van der Waals surface area (Å²) in [6, 6.07) is 5.60. The predicted octanol–water partition coefficient (Wildman–Crippen LogP) is 4.39. The summed E-state index contributed by atoms with van der Waals surface area (Å²) in [7, 11) is 3.34. The molecule has 0 radical (unpaired) electrons. The highest BCUT2D eigenvalue weighted by Gasteiger charge is 2.23. The van der Waals surface area contributed by atoms with E-state index in [4.69, 9.17) is 16.3 Å². The average molecular weight is 395 g/mol. The summed E-state index contributed by atoms with van der Waals surface area (Å²) in [5, 5.41) is 3.95. The van der Waals surface area contributed by atoms with E-state index in [1.54, 1.807) is 24.0 Å². The number of allylic oxidation sites excluding steroid dienone is 1. The zero-order valence-corrected chi connectivity index (χ0v) is 18.1. The standard InChI is InChI=1S/C20H31ClN4O2/c1-8-22-16(5)23-19(14(2)3)25(13-27-7)20(26)24(6)12-17-9-10-18(21)15(4)11-17/h9-11H,8,12-13H2,1-7H3,(H,22,23). The van der Waals surface area contributed by atoms with E-state index in [9.17, 15) is 4.79 Å². The van der Waals surface area contributed by atoms with Gasteiger partial charge in [-0.3, -0.25) is 9.89 Å². The van der Waals surface area contributed by atoms with Crippen LogP contribution in [0.4, 0.5) is 4.79 Å². The summed E-state index contributed by atoms with van der Waals surface area (Å²) in [4.78, 5) is 20.7. The molecule has 2 amide bonds. The van der Waals surface area contributed by atoms with Gasteiger partial charge in [0.25, 0.3) is 0 Å². The summed E-state index contributed by atoms with van der Waals surface area (Å²) in [5.74, 6) is 1.43. The van der Waals surface area contributed by atoms with Gasteiger partial charge in [0, 0.05) is 32.3 Å². The van der Waals surface area contributed by atoms with Gasteiger partial charge in [-0.25, -0.2) is 4.79 Å². The van der Waals surface area contributed by atoms with E-state index in [-0.39, 0.29) is 12.8 Å². The molecule has 1 N–H and O–H groups in total. The maximum atomic E-state index is 13.1. The van der Waals surface area contributed by atoms with Gasteiger partial charge in [-0.15, -0.1) is 0 Å². The summed E-state index contributed by atoms with van der Waals surface area (Å²) in [5.41, 5.74) is 2.96. The third-order valence-corrected chi connectivity index (χ3v) is 4.32. The number of urea groups is 1. The first-order valence-corrected chi connectivity index (χ1v) is 9.31. The summed E-state index contributed by atoms with van der Waals surface area (Å²) in [6.07, 6.45) is 0. The normalized spacial score (nSPS) is 11.2. The van der Waals surface area contributed by atoms with E-state index in [2.05, 4.69) is 10.3 Å². The van der Waals surface area contributed by atoms with Crippen molar-refractivity contribution in [3.63, 3.8) is 0 Å². The van der Waals surface area contributed by atoms with Gasteiger partial charge in [0.05, 0.1) is 5.84 Å². The Hall–Kier alpha value is -2.05. The van der Waals surface area contributed by atoms with Crippen molar-refractivity contribution >= 4 is 23.5 Å². The number of ether oxygens (including phenoxy) is 1. The lowest BCUT2D eigenvalue weighted by atomic mass is 10.1. The number of amides is 2. The molecule has 0 atom stereocenters. The molecule has 0 spiro atoms. The first-order valence-electron chi connectivity index (χ1n) is 8.93. The number of benzene rings is 1. The van der Waals surface area contributed by atoms with Crippen molar-refractivity contribution in [3.8, 4) is 0 Å².